The number of rotatable bonds is 4. The standard InChI is InChI=1S/C14H14N2O3S2/c17-11(15-10-4-2-1-3-5-10)8-9-21-14(20)16-12(18)6-7-13(16)19/h1-5H,6-9H2,(H,15,17). The van der Waals surface area contributed by atoms with Crippen molar-refractivity contribution in [3.05, 3.63) is 30.3 Å². The first-order valence-electron chi connectivity index (χ1n) is 6.45. The van der Waals surface area contributed by atoms with E-state index in [1.807, 2.05) is 18.2 Å². The Labute approximate surface area is 132 Å². The number of imide groups is 1. The van der Waals surface area contributed by atoms with Gasteiger partial charge in [-0.25, -0.2) is 4.90 Å². The Morgan fingerprint density at radius 2 is 1.81 bits per heavy atom. The van der Waals surface area contributed by atoms with Crippen molar-refractivity contribution in [2.75, 3.05) is 11.1 Å². The maximum atomic E-state index is 11.7. The lowest BCUT2D eigenvalue weighted by molar-refractivity contribution is -0.133. The molecule has 0 atom stereocenters. The van der Waals surface area contributed by atoms with E-state index in [1.54, 1.807) is 12.1 Å². The first kappa shape index (κ1) is 15.7. The predicted octanol–water partition coefficient (Wildman–Crippen LogP) is 2.18. The summed E-state index contributed by atoms with van der Waals surface area (Å²) in [5.74, 6) is -0.220. The number of anilines is 1. The highest BCUT2D eigenvalue weighted by molar-refractivity contribution is 8.23. The summed E-state index contributed by atoms with van der Waals surface area (Å²) in [7, 11) is 0. The third-order valence-electron chi connectivity index (χ3n) is 2.85. The van der Waals surface area contributed by atoms with E-state index < -0.39 is 0 Å². The molecule has 0 aliphatic carbocycles. The van der Waals surface area contributed by atoms with Crippen LogP contribution < -0.4 is 5.32 Å². The van der Waals surface area contributed by atoms with Gasteiger partial charge in [0.15, 0.2) is 0 Å². The van der Waals surface area contributed by atoms with Gasteiger partial charge in [-0.1, -0.05) is 42.2 Å². The van der Waals surface area contributed by atoms with Crippen LogP contribution in [-0.2, 0) is 14.4 Å². The van der Waals surface area contributed by atoms with Gasteiger partial charge >= 0.3 is 0 Å². The summed E-state index contributed by atoms with van der Waals surface area (Å²) in [6.45, 7) is 0. The fourth-order valence-corrected chi connectivity index (χ4v) is 3.07. The molecule has 110 valence electrons. The van der Waals surface area contributed by atoms with Crippen molar-refractivity contribution in [2.45, 2.75) is 19.3 Å². The Morgan fingerprint density at radius 1 is 1.19 bits per heavy atom. The van der Waals surface area contributed by atoms with Crippen LogP contribution in [0.4, 0.5) is 5.69 Å². The van der Waals surface area contributed by atoms with Gasteiger partial charge in [-0.15, -0.1) is 0 Å². The molecule has 7 heteroatoms. The van der Waals surface area contributed by atoms with Crippen molar-refractivity contribution in [3.8, 4) is 0 Å². The molecule has 2 rings (SSSR count). The van der Waals surface area contributed by atoms with Crippen molar-refractivity contribution < 1.29 is 14.4 Å². The number of thiocarbonyl (C=S) groups is 1. The van der Waals surface area contributed by atoms with Crippen LogP contribution >= 0.6 is 24.0 Å². The summed E-state index contributed by atoms with van der Waals surface area (Å²) < 4.78 is 0.231. The number of thioether (sulfide) groups is 1. The van der Waals surface area contributed by atoms with E-state index in [2.05, 4.69) is 5.32 Å². The first-order chi connectivity index (χ1) is 10.1. The van der Waals surface area contributed by atoms with Gasteiger partial charge in [-0.3, -0.25) is 14.4 Å². The van der Waals surface area contributed by atoms with Crippen molar-refractivity contribution in [1.29, 1.82) is 0 Å². The van der Waals surface area contributed by atoms with Crippen LogP contribution in [0.15, 0.2) is 30.3 Å². The van der Waals surface area contributed by atoms with Crippen LogP contribution in [0, 0.1) is 0 Å². The smallest absolute Gasteiger partial charge is 0.235 e. The van der Waals surface area contributed by atoms with Gasteiger partial charge in [0.1, 0.15) is 4.32 Å². The second kappa shape index (κ2) is 7.33. The molecule has 0 spiro atoms. The summed E-state index contributed by atoms with van der Waals surface area (Å²) in [5, 5.41) is 2.76. The quantitative estimate of drug-likeness (QED) is 0.680. The zero-order valence-corrected chi connectivity index (χ0v) is 12.8. The number of nitrogens with zero attached hydrogens (tertiary/aromatic N) is 1. The number of para-hydroxylation sites is 1. The number of benzene rings is 1. The summed E-state index contributed by atoms with van der Waals surface area (Å²) in [4.78, 5) is 35.7. The average molecular weight is 322 g/mol. The molecule has 5 nitrogen and oxygen atoms in total. The highest BCUT2D eigenvalue weighted by atomic mass is 32.2. The normalized spacial score (nSPS) is 14.4. The number of hydrogen-bond acceptors (Lipinski definition) is 5. The van der Waals surface area contributed by atoms with E-state index >= 15 is 0 Å². The van der Waals surface area contributed by atoms with Crippen LogP contribution in [-0.4, -0.2) is 32.7 Å². The zero-order valence-electron chi connectivity index (χ0n) is 11.2. The maximum absolute atomic E-state index is 11.7. The topological polar surface area (TPSA) is 66.5 Å². The molecule has 0 unspecified atom stereocenters. The summed E-state index contributed by atoms with van der Waals surface area (Å²) in [5.41, 5.74) is 0.736. The molecule has 21 heavy (non-hydrogen) atoms. The third kappa shape index (κ3) is 4.37. The van der Waals surface area contributed by atoms with Crippen molar-refractivity contribution in [2.24, 2.45) is 0 Å². The van der Waals surface area contributed by atoms with Gasteiger partial charge in [0, 0.05) is 30.7 Å². The molecule has 0 aromatic heterocycles. The van der Waals surface area contributed by atoms with Gasteiger partial charge in [-0.05, 0) is 12.1 Å². The lowest BCUT2D eigenvalue weighted by Gasteiger charge is -2.13. The molecular formula is C14H14N2O3S2. The van der Waals surface area contributed by atoms with Gasteiger partial charge in [0.25, 0.3) is 0 Å². The molecule has 1 N–H and O–H groups in total. The van der Waals surface area contributed by atoms with Crippen LogP contribution in [0.5, 0.6) is 0 Å². The minimum Gasteiger partial charge on any atom is -0.326 e. The molecule has 1 aliphatic rings. The minimum absolute atomic E-state index is 0.129. The number of amides is 3. The summed E-state index contributed by atoms with van der Waals surface area (Å²) in [6.07, 6.45) is 0.692. The number of nitrogens with one attached hydrogen (secondary N) is 1. The van der Waals surface area contributed by atoms with Crippen LogP contribution in [0.25, 0.3) is 0 Å². The number of likely N-dealkylation sites (tertiary alicyclic amines) is 1. The Bertz CT molecular complexity index is 559. The molecule has 0 saturated carbocycles. The molecule has 0 radical (unpaired) electrons. The number of carbonyl (C=O) groups excluding carboxylic acids is 3. The molecule has 1 heterocycles. The Balaban J connectivity index is 1.74. The largest absolute Gasteiger partial charge is 0.326 e. The molecule has 1 saturated heterocycles. The Hall–Kier alpha value is -1.73. The van der Waals surface area contributed by atoms with E-state index in [-0.39, 0.29) is 41.3 Å². The van der Waals surface area contributed by atoms with Crippen molar-refractivity contribution in [3.63, 3.8) is 0 Å². The highest BCUT2D eigenvalue weighted by Crippen LogP contribution is 2.19. The number of carbonyl (C=O) groups is 3. The van der Waals surface area contributed by atoms with Crippen LogP contribution in [0.1, 0.15) is 19.3 Å². The second-order valence-corrected chi connectivity index (χ2v) is 6.13. The summed E-state index contributed by atoms with van der Waals surface area (Å²) in [6, 6.07) is 9.15. The Kier molecular flexibility index (Phi) is 5.46. The second-order valence-electron chi connectivity index (χ2n) is 4.40. The molecule has 1 aromatic rings. The minimum atomic E-state index is -0.258. The summed E-state index contributed by atoms with van der Waals surface area (Å²) >= 11 is 6.24. The highest BCUT2D eigenvalue weighted by Gasteiger charge is 2.32. The molecule has 0 bridgehead atoms. The van der Waals surface area contributed by atoms with Crippen molar-refractivity contribution >= 4 is 51.7 Å². The lowest BCUT2D eigenvalue weighted by atomic mass is 10.3. The average Bonchev–Trinajstić information content (AvgIpc) is 2.79. The molecular weight excluding hydrogens is 308 g/mol. The first-order valence-corrected chi connectivity index (χ1v) is 7.85. The molecule has 1 aromatic carbocycles. The fraction of sp³-hybridized carbons (Fsp3) is 0.286. The SMILES string of the molecule is O=C(CCSC(=S)N1C(=O)CCC1=O)Nc1ccccc1. The van der Waals surface area contributed by atoms with Gasteiger partial charge in [0.05, 0.1) is 0 Å². The predicted molar refractivity (Wildman–Crippen MR) is 85.8 cm³/mol. The molecule has 3 amide bonds. The zero-order chi connectivity index (χ0) is 15.2. The molecule has 1 fully saturated rings. The third-order valence-corrected chi connectivity index (χ3v) is 4.22. The van der Waals surface area contributed by atoms with Gasteiger partial charge in [-0.2, -0.15) is 0 Å². The number of hydrogen-bond donors (Lipinski definition) is 1. The lowest BCUT2D eigenvalue weighted by Crippen LogP contribution is -2.32. The Morgan fingerprint density at radius 3 is 2.43 bits per heavy atom. The monoisotopic (exact) mass is 322 g/mol. The molecule has 1 aliphatic heterocycles. The van der Waals surface area contributed by atoms with E-state index in [0.29, 0.717) is 5.75 Å². The van der Waals surface area contributed by atoms with E-state index in [9.17, 15) is 14.4 Å². The van der Waals surface area contributed by atoms with Crippen LogP contribution in [0.2, 0.25) is 0 Å². The van der Waals surface area contributed by atoms with E-state index in [1.165, 1.54) is 11.8 Å². The van der Waals surface area contributed by atoms with E-state index in [4.69, 9.17) is 12.2 Å². The van der Waals surface area contributed by atoms with E-state index in [0.717, 1.165) is 10.6 Å². The van der Waals surface area contributed by atoms with Gasteiger partial charge < -0.3 is 5.32 Å². The van der Waals surface area contributed by atoms with Gasteiger partial charge in [0.2, 0.25) is 17.7 Å². The van der Waals surface area contributed by atoms with Crippen LogP contribution in [0.3, 0.4) is 0 Å². The van der Waals surface area contributed by atoms with Crippen molar-refractivity contribution in [1.82, 2.24) is 4.90 Å². The maximum Gasteiger partial charge on any atom is 0.235 e. The fourth-order valence-electron chi connectivity index (χ4n) is 1.82.